The Balaban J connectivity index is 1.84. The monoisotopic (exact) mass is 253 g/mol. The van der Waals surface area contributed by atoms with Gasteiger partial charge in [-0.25, -0.2) is 4.98 Å². The number of hydrogen-bond donors (Lipinski definition) is 2. The molecular weight excluding hydrogens is 230 g/mol. The van der Waals surface area contributed by atoms with Crippen LogP contribution in [-0.2, 0) is 12.0 Å². The van der Waals surface area contributed by atoms with Gasteiger partial charge in [-0.1, -0.05) is 20.8 Å². The molecule has 1 saturated heterocycles. The predicted octanol–water partition coefficient (Wildman–Crippen LogP) is 2.28. The summed E-state index contributed by atoms with van der Waals surface area (Å²) in [6.07, 6.45) is 2.46. The first-order valence-electron chi connectivity index (χ1n) is 6.45. The molecule has 1 fully saturated rings. The zero-order valence-electron chi connectivity index (χ0n) is 11.0. The smallest absolute Gasteiger partial charge is 0.0982 e. The average molecular weight is 253 g/mol. The fraction of sp³-hybridized carbons (Fsp3) is 0.769. The Bertz CT molecular complexity index is 348. The first-order chi connectivity index (χ1) is 8.05. The number of nitrogens with one attached hydrogen (secondary N) is 2. The van der Waals surface area contributed by atoms with Crippen molar-refractivity contribution in [1.82, 2.24) is 15.6 Å². The highest BCUT2D eigenvalue weighted by Gasteiger charge is 2.18. The van der Waals surface area contributed by atoms with Crippen molar-refractivity contribution in [1.29, 1.82) is 0 Å². The largest absolute Gasteiger partial charge is 0.317 e. The van der Waals surface area contributed by atoms with Crippen LogP contribution in [-0.4, -0.2) is 24.1 Å². The summed E-state index contributed by atoms with van der Waals surface area (Å²) in [6, 6.07) is 0.663. The Morgan fingerprint density at radius 1 is 1.41 bits per heavy atom. The van der Waals surface area contributed by atoms with Crippen LogP contribution in [0.25, 0.3) is 0 Å². The molecule has 0 amide bonds. The van der Waals surface area contributed by atoms with E-state index < -0.39 is 0 Å². The van der Waals surface area contributed by atoms with Gasteiger partial charge in [-0.2, -0.15) is 0 Å². The highest BCUT2D eigenvalue weighted by Crippen LogP contribution is 2.25. The minimum Gasteiger partial charge on any atom is -0.317 e. The molecule has 1 aliphatic rings. The van der Waals surface area contributed by atoms with E-state index in [2.05, 4.69) is 36.8 Å². The molecule has 4 heteroatoms. The number of thiazole rings is 1. The van der Waals surface area contributed by atoms with Gasteiger partial charge in [0.2, 0.25) is 0 Å². The van der Waals surface area contributed by atoms with Gasteiger partial charge in [0, 0.05) is 23.4 Å². The van der Waals surface area contributed by atoms with E-state index in [-0.39, 0.29) is 5.41 Å². The van der Waals surface area contributed by atoms with Crippen LogP contribution in [0.4, 0.5) is 0 Å². The molecule has 0 saturated carbocycles. The molecule has 2 N–H and O–H groups in total. The first kappa shape index (κ1) is 13.0. The Kier molecular flexibility index (Phi) is 4.17. The summed E-state index contributed by atoms with van der Waals surface area (Å²) in [7, 11) is 0. The Labute approximate surface area is 108 Å². The van der Waals surface area contributed by atoms with Crippen LogP contribution in [0.15, 0.2) is 5.38 Å². The van der Waals surface area contributed by atoms with Crippen molar-refractivity contribution in [2.75, 3.05) is 13.1 Å². The summed E-state index contributed by atoms with van der Waals surface area (Å²) in [4.78, 5) is 4.71. The SMILES string of the molecule is CC(C)(C)c1nc(CNC2CCNCC2)cs1. The van der Waals surface area contributed by atoms with Crippen LogP contribution in [0.2, 0.25) is 0 Å². The third-order valence-corrected chi connectivity index (χ3v) is 4.42. The van der Waals surface area contributed by atoms with Crippen molar-refractivity contribution >= 4 is 11.3 Å². The van der Waals surface area contributed by atoms with Gasteiger partial charge in [0.25, 0.3) is 0 Å². The Morgan fingerprint density at radius 3 is 2.71 bits per heavy atom. The standard InChI is InChI=1S/C13H23N3S/c1-13(2,3)12-16-11(9-17-12)8-15-10-4-6-14-7-5-10/h9-10,14-15H,4-8H2,1-3H3. The van der Waals surface area contributed by atoms with Crippen LogP contribution in [0.1, 0.15) is 44.3 Å². The third kappa shape index (κ3) is 3.76. The van der Waals surface area contributed by atoms with Gasteiger partial charge in [0.05, 0.1) is 10.7 Å². The minimum absolute atomic E-state index is 0.178. The summed E-state index contributed by atoms with van der Waals surface area (Å²) >= 11 is 1.78. The molecule has 1 aromatic heterocycles. The van der Waals surface area contributed by atoms with Gasteiger partial charge >= 0.3 is 0 Å². The summed E-state index contributed by atoms with van der Waals surface area (Å²) in [5, 5.41) is 10.4. The molecule has 17 heavy (non-hydrogen) atoms. The lowest BCUT2D eigenvalue weighted by atomic mass is 9.98. The molecule has 0 aliphatic carbocycles. The highest BCUT2D eigenvalue weighted by molar-refractivity contribution is 7.09. The van der Waals surface area contributed by atoms with Crippen molar-refractivity contribution < 1.29 is 0 Å². The van der Waals surface area contributed by atoms with Crippen molar-refractivity contribution in [3.8, 4) is 0 Å². The number of hydrogen-bond acceptors (Lipinski definition) is 4. The lowest BCUT2D eigenvalue weighted by Crippen LogP contribution is -2.39. The maximum Gasteiger partial charge on any atom is 0.0982 e. The summed E-state index contributed by atoms with van der Waals surface area (Å²) < 4.78 is 0. The molecule has 0 unspecified atom stereocenters. The van der Waals surface area contributed by atoms with E-state index in [0.29, 0.717) is 6.04 Å². The quantitative estimate of drug-likeness (QED) is 0.868. The summed E-state index contributed by atoms with van der Waals surface area (Å²) in [5.74, 6) is 0. The lowest BCUT2D eigenvalue weighted by molar-refractivity contribution is 0.385. The van der Waals surface area contributed by atoms with Crippen LogP contribution in [0, 0.1) is 0 Å². The fourth-order valence-corrected chi connectivity index (χ4v) is 2.91. The van der Waals surface area contributed by atoms with E-state index >= 15 is 0 Å². The molecule has 3 nitrogen and oxygen atoms in total. The van der Waals surface area contributed by atoms with Gasteiger partial charge in [-0.05, 0) is 25.9 Å². The highest BCUT2D eigenvalue weighted by atomic mass is 32.1. The van der Waals surface area contributed by atoms with Crippen LogP contribution >= 0.6 is 11.3 Å². The van der Waals surface area contributed by atoms with E-state index in [1.54, 1.807) is 11.3 Å². The van der Waals surface area contributed by atoms with Crippen LogP contribution < -0.4 is 10.6 Å². The van der Waals surface area contributed by atoms with Crippen molar-refractivity contribution in [2.24, 2.45) is 0 Å². The molecule has 0 atom stereocenters. The van der Waals surface area contributed by atoms with Crippen molar-refractivity contribution in [3.05, 3.63) is 16.1 Å². The van der Waals surface area contributed by atoms with E-state index in [1.807, 2.05) is 0 Å². The molecule has 96 valence electrons. The molecular formula is C13H23N3S. The normalized spacial score (nSPS) is 18.5. The topological polar surface area (TPSA) is 37.0 Å². The van der Waals surface area contributed by atoms with Gasteiger partial charge in [-0.15, -0.1) is 11.3 Å². The molecule has 1 aliphatic heterocycles. The molecule has 2 heterocycles. The zero-order chi connectivity index (χ0) is 12.3. The Hall–Kier alpha value is -0.450. The number of aromatic nitrogens is 1. The fourth-order valence-electron chi connectivity index (χ4n) is 2.01. The van der Waals surface area contributed by atoms with Gasteiger partial charge in [-0.3, -0.25) is 0 Å². The zero-order valence-corrected chi connectivity index (χ0v) is 11.9. The van der Waals surface area contributed by atoms with Crippen LogP contribution in [0.3, 0.4) is 0 Å². The van der Waals surface area contributed by atoms with Gasteiger partial charge in [0.1, 0.15) is 0 Å². The maximum atomic E-state index is 4.71. The Morgan fingerprint density at radius 2 is 2.12 bits per heavy atom. The summed E-state index contributed by atoms with van der Waals surface area (Å²) in [6.45, 7) is 9.85. The van der Waals surface area contributed by atoms with E-state index in [0.717, 1.165) is 19.6 Å². The number of piperidine rings is 1. The lowest BCUT2D eigenvalue weighted by Gasteiger charge is -2.23. The van der Waals surface area contributed by atoms with Crippen molar-refractivity contribution in [3.63, 3.8) is 0 Å². The maximum absolute atomic E-state index is 4.71. The summed E-state index contributed by atoms with van der Waals surface area (Å²) in [5.41, 5.74) is 1.37. The second kappa shape index (κ2) is 5.46. The van der Waals surface area contributed by atoms with E-state index in [4.69, 9.17) is 4.98 Å². The average Bonchev–Trinajstić information content (AvgIpc) is 2.76. The van der Waals surface area contributed by atoms with Gasteiger partial charge in [0.15, 0.2) is 0 Å². The number of nitrogens with zero attached hydrogens (tertiary/aromatic N) is 1. The molecule has 2 rings (SSSR count). The second-order valence-corrected chi connectivity index (χ2v) is 6.66. The van der Waals surface area contributed by atoms with Crippen molar-refractivity contribution in [2.45, 2.75) is 51.6 Å². The third-order valence-electron chi connectivity index (χ3n) is 3.10. The second-order valence-electron chi connectivity index (χ2n) is 5.80. The molecule has 0 bridgehead atoms. The van der Waals surface area contributed by atoms with E-state index in [1.165, 1.54) is 23.5 Å². The molecule has 0 radical (unpaired) electrons. The predicted molar refractivity (Wildman–Crippen MR) is 73.5 cm³/mol. The number of rotatable bonds is 3. The van der Waals surface area contributed by atoms with Gasteiger partial charge < -0.3 is 10.6 Å². The van der Waals surface area contributed by atoms with Crippen LogP contribution in [0.5, 0.6) is 0 Å². The molecule has 1 aromatic rings. The minimum atomic E-state index is 0.178. The molecule has 0 aromatic carbocycles. The first-order valence-corrected chi connectivity index (χ1v) is 7.32. The van der Waals surface area contributed by atoms with E-state index in [9.17, 15) is 0 Å². The molecule has 0 spiro atoms.